The average molecular weight is 451 g/mol. The molecule has 0 spiro atoms. The second-order valence-electron chi connectivity index (χ2n) is 8.82. The fourth-order valence-electron chi connectivity index (χ4n) is 5.65. The highest BCUT2D eigenvalue weighted by Crippen LogP contribution is 2.51. The Morgan fingerprint density at radius 1 is 0.618 bits per heavy atom. The fraction of sp³-hybridized carbons (Fsp3) is 0. The van der Waals surface area contributed by atoms with Gasteiger partial charge in [0, 0.05) is 42.9 Å². The van der Waals surface area contributed by atoms with E-state index >= 15 is 0 Å². The van der Waals surface area contributed by atoms with Gasteiger partial charge in [-0.1, -0.05) is 84.6 Å². The van der Waals surface area contributed by atoms with Crippen molar-refractivity contribution in [2.75, 3.05) is 0 Å². The van der Waals surface area contributed by atoms with E-state index in [2.05, 4.69) is 107 Å². The third kappa shape index (κ3) is 2.34. The summed E-state index contributed by atoms with van der Waals surface area (Å²) in [7, 11) is 0. The molecule has 0 aliphatic carbocycles. The van der Waals surface area contributed by atoms with Gasteiger partial charge >= 0.3 is 0 Å². The van der Waals surface area contributed by atoms with Crippen molar-refractivity contribution in [2.24, 2.45) is 0 Å². The summed E-state index contributed by atoms with van der Waals surface area (Å²) in [5.74, 6) is 0. The monoisotopic (exact) mass is 450 g/mol. The van der Waals surface area contributed by atoms with E-state index in [0.29, 0.717) is 0 Å². The summed E-state index contributed by atoms with van der Waals surface area (Å²) in [4.78, 5) is 7.18. The molecule has 5 aromatic carbocycles. The molecule has 1 aliphatic heterocycles. The first-order valence-electron chi connectivity index (χ1n) is 11.5. The highest BCUT2D eigenvalue weighted by molar-refractivity contribution is 7.99. The molecule has 8 rings (SSSR count). The van der Waals surface area contributed by atoms with Gasteiger partial charge in [-0.25, -0.2) is 0 Å². The molecule has 0 saturated heterocycles. The highest BCUT2D eigenvalue weighted by Gasteiger charge is 2.24. The largest absolute Gasteiger partial charge is 0.306 e. The Kier molecular flexibility index (Phi) is 3.63. The number of benzene rings is 5. The van der Waals surface area contributed by atoms with Gasteiger partial charge in [0.05, 0.1) is 22.9 Å². The summed E-state index contributed by atoms with van der Waals surface area (Å²) in [5, 5.41) is 7.63. The zero-order valence-corrected chi connectivity index (χ0v) is 19.0. The van der Waals surface area contributed by atoms with E-state index in [4.69, 9.17) is 0 Å². The van der Waals surface area contributed by atoms with Gasteiger partial charge in [0.25, 0.3) is 0 Å². The third-order valence-electron chi connectivity index (χ3n) is 7.06. The average Bonchev–Trinajstić information content (AvgIpc) is 3.23. The van der Waals surface area contributed by atoms with Gasteiger partial charge in [-0.2, -0.15) is 0 Å². The van der Waals surface area contributed by atoms with Crippen molar-refractivity contribution in [1.29, 1.82) is 0 Å². The van der Waals surface area contributed by atoms with Crippen molar-refractivity contribution < 1.29 is 0 Å². The summed E-state index contributed by atoms with van der Waals surface area (Å²) in [6.45, 7) is 0. The molecule has 0 fully saturated rings. The van der Waals surface area contributed by atoms with Crippen molar-refractivity contribution >= 4 is 55.1 Å². The number of rotatable bonds is 1. The minimum atomic E-state index is 1.14. The first-order valence-corrected chi connectivity index (χ1v) is 12.3. The van der Waals surface area contributed by atoms with Crippen LogP contribution in [0.4, 0.5) is 0 Å². The summed E-state index contributed by atoms with van der Waals surface area (Å²) in [6.07, 6.45) is 3.91. The van der Waals surface area contributed by atoms with E-state index < -0.39 is 0 Å². The van der Waals surface area contributed by atoms with Crippen LogP contribution in [0.5, 0.6) is 0 Å². The van der Waals surface area contributed by atoms with Gasteiger partial charge in [-0.15, -0.1) is 0 Å². The number of pyridine rings is 1. The van der Waals surface area contributed by atoms with E-state index in [1.165, 1.54) is 64.4 Å². The topological polar surface area (TPSA) is 17.8 Å². The SMILES string of the molecule is c1ccc2c(c1)Sc1cc3c4ccncc4n(-c4cccc5ccccc45)c3c3cccc-2c13. The zero-order valence-electron chi connectivity index (χ0n) is 18.2. The lowest BCUT2D eigenvalue weighted by Gasteiger charge is -2.21. The molecule has 0 amide bonds. The minimum Gasteiger partial charge on any atom is -0.306 e. The van der Waals surface area contributed by atoms with Gasteiger partial charge < -0.3 is 4.57 Å². The van der Waals surface area contributed by atoms with Crippen LogP contribution in [-0.2, 0) is 0 Å². The summed E-state index contributed by atoms with van der Waals surface area (Å²) in [6, 6.07) is 35.3. The number of hydrogen-bond donors (Lipinski definition) is 0. The van der Waals surface area contributed by atoms with Crippen LogP contribution in [0.1, 0.15) is 0 Å². The smallest absolute Gasteiger partial charge is 0.0724 e. The summed E-state index contributed by atoms with van der Waals surface area (Å²) >= 11 is 1.88. The first kappa shape index (κ1) is 18.4. The van der Waals surface area contributed by atoms with Crippen molar-refractivity contribution in [1.82, 2.24) is 9.55 Å². The Hall–Kier alpha value is -4.08. The second kappa shape index (κ2) is 6.72. The maximum atomic E-state index is 4.53. The van der Waals surface area contributed by atoms with Crippen molar-refractivity contribution in [3.63, 3.8) is 0 Å². The van der Waals surface area contributed by atoms with Crippen LogP contribution in [0.2, 0.25) is 0 Å². The van der Waals surface area contributed by atoms with Crippen LogP contribution in [0, 0.1) is 0 Å². The van der Waals surface area contributed by atoms with Gasteiger partial charge in [0.15, 0.2) is 0 Å². The Morgan fingerprint density at radius 3 is 2.41 bits per heavy atom. The van der Waals surface area contributed by atoms with Gasteiger partial charge in [0.1, 0.15) is 0 Å². The van der Waals surface area contributed by atoms with Crippen molar-refractivity contribution in [3.05, 3.63) is 109 Å². The van der Waals surface area contributed by atoms with Crippen LogP contribution in [0.3, 0.4) is 0 Å². The molecule has 0 bridgehead atoms. The molecule has 0 unspecified atom stereocenters. The lowest BCUT2D eigenvalue weighted by Crippen LogP contribution is -1.98. The normalized spacial score (nSPS) is 12.6. The Bertz CT molecular complexity index is 1940. The Balaban J connectivity index is 1.62. The van der Waals surface area contributed by atoms with Crippen molar-refractivity contribution in [3.8, 4) is 16.8 Å². The number of nitrogens with zero attached hydrogens (tertiary/aromatic N) is 2. The minimum absolute atomic E-state index is 1.14. The molecular weight excluding hydrogens is 432 g/mol. The molecule has 0 atom stereocenters. The Labute approximate surface area is 200 Å². The standard InChI is InChI=1S/C31H18N2S/c1-2-9-20-19(7-1)8-5-13-26(20)33-27-18-32-16-15-21(27)25-17-29-30-23(11-6-12-24(30)31(25)33)22-10-3-4-14-28(22)34-29/h1-18H. The molecular formula is C31H18N2S. The summed E-state index contributed by atoms with van der Waals surface area (Å²) < 4.78 is 2.42. The maximum Gasteiger partial charge on any atom is 0.0724 e. The molecule has 0 N–H and O–H groups in total. The zero-order chi connectivity index (χ0) is 22.2. The molecule has 2 aromatic heterocycles. The van der Waals surface area contributed by atoms with E-state index in [1.807, 2.05) is 24.2 Å². The molecule has 2 nitrogen and oxygen atoms in total. The van der Waals surface area contributed by atoms with Crippen LogP contribution in [-0.4, -0.2) is 9.55 Å². The number of hydrogen-bond acceptors (Lipinski definition) is 2. The van der Waals surface area contributed by atoms with Gasteiger partial charge in [0.2, 0.25) is 0 Å². The second-order valence-corrected chi connectivity index (χ2v) is 9.91. The van der Waals surface area contributed by atoms with Crippen LogP contribution >= 0.6 is 11.8 Å². The molecule has 0 radical (unpaired) electrons. The highest BCUT2D eigenvalue weighted by atomic mass is 32.2. The summed E-state index contributed by atoms with van der Waals surface area (Å²) in [5.41, 5.74) is 6.21. The van der Waals surface area contributed by atoms with Gasteiger partial charge in [-0.3, -0.25) is 4.98 Å². The lowest BCUT2D eigenvalue weighted by molar-refractivity contribution is 1.19. The molecule has 158 valence electrons. The van der Waals surface area contributed by atoms with Crippen LogP contribution in [0.25, 0.3) is 60.2 Å². The Morgan fingerprint density at radius 2 is 1.41 bits per heavy atom. The van der Waals surface area contributed by atoms with E-state index in [1.54, 1.807) is 0 Å². The van der Waals surface area contributed by atoms with Crippen molar-refractivity contribution in [2.45, 2.75) is 9.79 Å². The number of fused-ring (bicyclic) bond motifs is 7. The van der Waals surface area contributed by atoms with Crippen LogP contribution in [0.15, 0.2) is 119 Å². The first-order chi connectivity index (χ1) is 16.9. The molecule has 3 heteroatoms. The predicted octanol–water partition coefficient (Wildman–Crippen LogP) is 8.62. The molecule has 7 aromatic rings. The molecule has 3 heterocycles. The van der Waals surface area contributed by atoms with Gasteiger partial charge in [-0.05, 0) is 40.8 Å². The maximum absolute atomic E-state index is 4.53. The quantitative estimate of drug-likeness (QED) is 0.249. The predicted molar refractivity (Wildman–Crippen MR) is 143 cm³/mol. The lowest BCUT2D eigenvalue weighted by atomic mass is 9.96. The van der Waals surface area contributed by atoms with E-state index in [9.17, 15) is 0 Å². The van der Waals surface area contributed by atoms with E-state index in [0.717, 1.165) is 5.52 Å². The molecule has 34 heavy (non-hydrogen) atoms. The van der Waals surface area contributed by atoms with Crippen LogP contribution < -0.4 is 0 Å². The third-order valence-corrected chi connectivity index (χ3v) is 8.17. The molecule has 0 saturated carbocycles. The molecule has 1 aliphatic rings. The fourth-order valence-corrected chi connectivity index (χ4v) is 6.82. The number of aromatic nitrogens is 2. The van der Waals surface area contributed by atoms with E-state index in [-0.39, 0.29) is 0 Å².